The molecule has 1 aromatic carbocycles. The first-order valence-corrected chi connectivity index (χ1v) is 12.4. The molecule has 2 atom stereocenters. The molecule has 0 aromatic heterocycles. The van der Waals surface area contributed by atoms with E-state index >= 15 is 0 Å². The topological polar surface area (TPSA) is 108 Å². The molecule has 1 aliphatic carbocycles. The molecule has 0 bridgehead atoms. The van der Waals surface area contributed by atoms with E-state index in [4.69, 9.17) is 9.47 Å². The van der Waals surface area contributed by atoms with E-state index in [0.29, 0.717) is 11.6 Å². The summed E-state index contributed by atoms with van der Waals surface area (Å²) in [7, 11) is 0. The molecular weight excluding hydrogens is 509 g/mol. The van der Waals surface area contributed by atoms with Crippen LogP contribution in [0.4, 0.5) is 18.0 Å². The van der Waals surface area contributed by atoms with Gasteiger partial charge in [-0.05, 0) is 18.9 Å². The van der Waals surface area contributed by atoms with Crippen LogP contribution in [0.15, 0.2) is 54.1 Å². The highest BCUT2D eigenvalue weighted by Crippen LogP contribution is 2.52. The summed E-state index contributed by atoms with van der Waals surface area (Å²) in [6.07, 6.45) is -2.05. The summed E-state index contributed by atoms with van der Waals surface area (Å²) in [6.45, 7) is 3.79. The van der Waals surface area contributed by atoms with Crippen molar-refractivity contribution < 1.29 is 51.6 Å². The zero-order valence-electron chi connectivity index (χ0n) is 21.2. The Morgan fingerprint density at radius 1 is 1.05 bits per heavy atom. The predicted octanol–water partition coefficient (Wildman–Crippen LogP) is 5.32. The van der Waals surface area contributed by atoms with Gasteiger partial charge in [0.2, 0.25) is 5.41 Å². The fourth-order valence-electron chi connectivity index (χ4n) is 4.66. The fraction of sp³-hybridized carbons (Fsp3) is 0.519. The number of unbranched alkanes of at least 4 members (excludes halogenated alkanes) is 2. The van der Waals surface area contributed by atoms with Crippen molar-refractivity contribution >= 4 is 18.1 Å². The minimum atomic E-state index is -5.46. The van der Waals surface area contributed by atoms with E-state index in [-0.39, 0.29) is 25.7 Å². The second-order valence-electron chi connectivity index (χ2n) is 9.23. The van der Waals surface area contributed by atoms with Crippen LogP contribution < -0.4 is 0 Å². The van der Waals surface area contributed by atoms with Gasteiger partial charge in [0, 0.05) is 5.92 Å². The van der Waals surface area contributed by atoms with Gasteiger partial charge >= 0.3 is 24.3 Å². The number of benzene rings is 1. The number of alkyl halides is 3. The zero-order chi connectivity index (χ0) is 28.0. The zero-order valence-corrected chi connectivity index (χ0v) is 21.2. The summed E-state index contributed by atoms with van der Waals surface area (Å²) in [5.41, 5.74) is -6.35. The number of hydrogen-bond donors (Lipinski definition) is 1. The highest BCUT2D eigenvalue weighted by Gasteiger charge is 2.66. The molecule has 1 aromatic rings. The summed E-state index contributed by atoms with van der Waals surface area (Å²) < 4.78 is 64.1. The number of halogens is 3. The number of rotatable bonds is 9. The van der Waals surface area contributed by atoms with Gasteiger partial charge in [0.05, 0.1) is 30.8 Å². The monoisotopic (exact) mass is 540 g/mol. The molecule has 0 spiro atoms. The second-order valence-corrected chi connectivity index (χ2v) is 9.23. The molecule has 0 unspecified atom stereocenters. The smallest absolute Gasteiger partial charge is 0.480 e. The summed E-state index contributed by atoms with van der Waals surface area (Å²) in [5.74, 6) is -4.10. The third-order valence-corrected chi connectivity index (χ3v) is 6.71. The summed E-state index contributed by atoms with van der Waals surface area (Å²) >= 11 is 0. The molecule has 1 aliphatic heterocycles. The van der Waals surface area contributed by atoms with Gasteiger partial charge in [-0.2, -0.15) is 13.2 Å². The molecule has 1 heterocycles. The molecule has 11 heteroatoms. The van der Waals surface area contributed by atoms with Gasteiger partial charge in [-0.1, -0.05) is 74.7 Å². The van der Waals surface area contributed by atoms with Crippen LogP contribution in [-0.2, 0) is 34.0 Å². The van der Waals surface area contributed by atoms with Crippen molar-refractivity contribution in [2.45, 2.75) is 57.4 Å². The van der Waals surface area contributed by atoms with Gasteiger partial charge in [0.1, 0.15) is 0 Å². The first-order valence-electron chi connectivity index (χ1n) is 12.4. The molecular formula is C27H31F3O8. The summed E-state index contributed by atoms with van der Waals surface area (Å²) in [5, 5.41) is 9.77. The SMILES string of the molecule is CCCCCC1COC([C@@]2(c3ccccc3)C=C[C@@](C(=O)O)(C(F)(F)F)C(C(=O)OC(=O)OCC)=C2)OC1. The van der Waals surface area contributed by atoms with Gasteiger partial charge in [0.15, 0.2) is 6.29 Å². The van der Waals surface area contributed by atoms with Gasteiger partial charge in [0.25, 0.3) is 0 Å². The van der Waals surface area contributed by atoms with Crippen molar-refractivity contribution in [3.05, 3.63) is 59.7 Å². The third kappa shape index (κ3) is 5.78. The van der Waals surface area contributed by atoms with Crippen LogP contribution in [0.3, 0.4) is 0 Å². The lowest BCUT2D eigenvalue weighted by Gasteiger charge is -2.44. The average molecular weight is 541 g/mol. The highest BCUT2D eigenvalue weighted by atomic mass is 19.4. The Labute approximate surface area is 218 Å². The lowest BCUT2D eigenvalue weighted by atomic mass is 9.66. The predicted molar refractivity (Wildman–Crippen MR) is 128 cm³/mol. The summed E-state index contributed by atoms with van der Waals surface area (Å²) in [6, 6.07) is 8.14. The van der Waals surface area contributed by atoms with Crippen molar-refractivity contribution in [1.29, 1.82) is 0 Å². The summed E-state index contributed by atoms with van der Waals surface area (Å²) in [4.78, 5) is 36.9. The Hall–Kier alpha value is -3.18. The molecule has 1 N–H and O–H groups in total. The minimum Gasteiger partial charge on any atom is -0.480 e. The molecule has 208 valence electrons. The molecule has 3 rings (SSSR count). The van der Waals surface area contributed by atoms with Gasteiger partial charge in [-0.3, -0.25) is 4.79 Å². The van der Waals surface area contributed by atoms with Crippen LogP contribution in [-0.4, -0.2) is 55.5 Å². The number of carboxylic acids is 1. The maximum atomic E-state index is 14.4. The quantitative estimate of drug-likeness (QED) is 0.194. The lowest BCUT2D eigenvalue weighted by Crippen LogP contribution is -2.53. The van der Waals surface area contributed by atoms with E-state index in [1.54, 1.807) is 30.3 Å². The largest absolute Gasteiger partial charge is 0.516 e. The van der Waals surface area contributed by atoms with Crippen molar-refractivity contribution in [2.75, 3.05) is 19.8 Å². The van der Waals surface area contributed by atoms with E-state index in [0.717, 1.165) is 37.8 Å². The lowest BCUT2D eigenvalue weighted by molar-refractivity contribution is -0.223. The van der Waals surface area contributed by atoms with Crippen molar-refractivity contribution in [1.82, 2.24) is 0 Å². The maximum Gasteiger partial charge on any atom is 0.516 e. The number of carbonyl (C=O) groups is 3. The van der Waals surface area contributed by atoms with E-state index in [9.17, 15) is 32.7 Å². The molecule has 1 fully saturated rings. The molecule has 38 heavy (non-hydrogen) atoms. The molecule has 0 saturated carbocycles. The van der Waals surface area contributed by atoms with Crippen molar-refractivity contribution in [3.63, 3.8) is 0 Å². The van der Waals surface area contributed by atoms with Crippen LogP contribution in [0, 0.1) is 11.3 Å². The number of carbonyl (C=O) groups excluding carboxylic acids is 2. The molecule has 8 nitrogen and oxygen atoms in total. The first kappa shape index (κ1) is 29.4. The van der Waals surface area contributed by atoms with Crippen LogP contribution in [0.5, 0.6) is 0 Å². The molecule has 0 radical (unpaired) electrons. The maximum absolute atomic E-state index is 14.4. The van der Waals surface area contributed by atoms with Gasteiger partial charge < -0.3 is 24.1 Å². The van der Waals surface area contributed by atoms with Gasteiger partial charge in [-0.25, -0.2) is 9.59 Å². The normalized spacial score (nSPS) is 27.3. The standard InChI is InChI=1S/C27H31F3O8/c1-3-5-7-10-18-16-36-23(37-17-18)25(19-11-8-6-9-12-19)13-14-26(22(32)33,27(28,29)30)20(15-25)21(31)38-24(34)35-4-2/h6,8-9,11-15,18,23H,3-5,7,10,16-17H2,1-2H3,(H,32,33)/t18?,23?,25-,26+/m0/s1. The number of ether oxygens (including phenoxy) is 4. The Balaban J connectivity index is 2.11. The van der Waals surface area contributed by atoms with E-state index < -0.39 is 47.0 Å². The highest BCUT2D eigenvalue weighted by molar-refractivity contribution is 6.03. The first-order chi connectivity index (χ1) is 18.0. The van der Waals surface area contributed by atoms with Crippen LogP contribution in [0.2, 0.25) is 0 Å². The van der Waals surface area contributed by atoms with Crippen LogP contribution in [0.25, 0.3) is 0 Å². The van der Waals surface area contributed by atoms with E-state index in [1.165, 1.54) is 6.92 Å². The van der Waals surface area contributed by atoms with Crippen molar-refractivity contribution in [3.8, 4) is 0 Å². The number of hydrogen-bond acceptors (Lipinski definition) is 7. The Morgan fingerprint density at radius 2 is 1.71 bits per heavy atom. The third-order valence-electron chi connectivity index (χ3n) is 6.71. The molecule has 2 aliphatic rings. The Morgan fingerprint density at radius 3 is 2.26 bits per heavy atom. The van der Waals surface area contributed by atoms with Crippen LogP contribution in [0.1, 0.15) is 45.1 Å². The number of carboxylic acid groups (broad SMARTS) is 1. The van der Waals surface area contributed by atoms with Crippen LogP contribution >= 0.6 is 0 Å². The van der Waals surface area contributed by atoms with Crippen molar-refractivity contribution in [2.24, 2.45) is 11.3 Å². The second kappa shape index (κ2) is 12.1. The van der Waals surface area contributed by atoms with Gasteiger partial charge in [-0.15, -0.1) is 0 Å². The molecule has 0 amide bonds. The average Bonchev–Trinajstić information content (AvgIpc) is 2.88. The van der Waals surface area contributed by atoms with E-state index in [1.807, 2.05) is 0 Å². The minimum absolute atomic E-state index is 0.0729. The fourth-order valence-corrected chi connectivity index (χ4v) is 4.66. The number of esters is 1. The van der Waals surface area contributed by atoms with E-state index in [2.05, 4.69) is 16.4 Å². The Bertz CT molecular complexity index is 1060. The molecule has 1 saturated heterocycles. The Kier molecular flexibility index (Phi) is 9.37. The number of aliphatic carboxylic acids is 1.